The van der Waals surface area contributed by atoms with E-state index in [0.717, 1.165) is 11.4 Å². The van der Waals surface area contributed by atoms with Gasteiger partial charge in [-0.2, -0.15) is 0 Å². The van der Waals surface area contributed by atoms with Crippen LogP contribution in [0.4, 0.5) is 0 Å². The third kappa shape index (κ3) is 5.25. The lowest BCUT2D eigenvalue weighted by Crippen LogP contribution is -2.41. The van der Waals surface area contributed by atoms with Gasteiger partial charge < -0.3 is 10.4 Å². The Bertz CT molecular complexity index is 459. The van der Waals surface area contributed by atoms with Gasteiger partial charge in [0, 0.05) is 11.4 Å². The normalized spacial score (nSPS) is 11.9. The summed E-state index contributed by atoms with van der Waals surface area (Å²) in [6, 6.07) is 1.01. The lowest BCUT2D eigenvalue weighted by molar-refractivity contribution is -0.141. The summed E-state index contributed by atoms with van der Waals surface area (Å²) in [4.78, 5) is 30.8. The molecular formula is C12H17N3O3S. The average Bonchev–Trinajstić information content (AvgIpc) is 2.32. The van der Waals surface area contributed by atoms with Gasteiger partial charge in [-0.05, 0) is 26.3 Å². The molecule has 0 aromatic carbocycles. The lowest BCUT2D eigenvalue weighted by Gasteiger charge is -2.11. The largest absolute Gasteiger partial charge is 0.480 e. The Kier molecular flexibility index (Phi) is 5.75. The molecule has 6 nitrogen and oxygen atoms in total. The lowest BCUT2D eigenvalue weighted by atomic mass is 10.2. The zero-order chi connectivity index (χ0) is 14.4. The van der Waals surface area contributed by atoms with Crippen molar-refractivity contribution in [3.05, 3.63) is 17.5 Å². The number of rotatable bonds is 6. The Morgan fingerprint density at radius 3 is 2.42 bits per heavy atom. The van der Waals surface area contributed by atoms with Crippen molar-refractivity contribution in [2.45, 2.75) is 38.4 Å². The fraction of sp³-hybridized carbons (Fsp3) is 0.500. The molecule has 19 heavy (non-hydrogen) atoms. The number of hydrogen-bond donors (Lipinski definition) is 2. The van der Waals surface area contributed by atoms with E-state index in [1.807, 2.05) is 19.9 Å². The molecule has 0 aliphatic carbocycles. The van der Waals surface area contributed by atoms with Gasteiger partial charge >= 0.3 is 5.97 Å². The van der Waals surface area contributed by atoms with Crippen LogP contribution in [0.25, 0.3) is 0 Å². The van der Waals surface area contributed by atoms with Crippen LogP contribution in [-0.2, 0) is 9.59 Å². The third-order valence-corrected chi connectivity index (χ3v) is 3.18. The smallest absolute Gasteiger partial charge is 0.326 e. The number of thioether (sulfide) groups is 1. The molecule has 0 saturated carbocycles. The van der Waals surface area contributed by atoms with E-state index in [1.54, 1.807) is 6.92 Å². The molecular weight excluding hydrogens is 266 g/mol. The van der Waals surface area contributed by atoms with E-state index in [4.69, 9.17) is 5.11 Å². The second-order valence-electron chi connectivity index (χ2n) is 4.09. The van der Waals surface area contributed by atoms with Crippen molar-refractivity contribution >= 4 is 23.6 Å². The highest BCUT2D eigenvalue weighted by molar-refractivity contribution is 7.99. The number of aliphatic carboxylic acids is 1. The Morgan fingerprint density at radius 2 is 1.95 bits per heavy atom. The van der Waals surface area contributed by atoms with Gasteiger partial charge in [-0.3, -0.25) is 4.79 Å². The molecule has 0 radical (unpaired) electrons. The Morgan fingerprint density at radius 1 is 1.37 bits per heavy atom. The second kappa shape index (κ2) is 7.08. The van der Waals surface area contributed by atoms with Crippen LogP contribution < -0.4 is 5.32 Å². The summed E-state index contributed by atoms with van der Waals surface area (Å²) in [5.74, 6) is -1.25. The second-order valence-corrected chi connectivity index (χ2v) is 5.03. The van der Waals surface area contributed by atoms with Gasteiger partial charge in [-0.15, -0.1) is 0 Å². The summed E-state index contributed by atoms with van der Waals surface area (Å²) in [6.07, 6.45) is 0.353. The van der Waals surface area contributed by atoms with Crippen molar-refractivity contribution in [3.8, 4) is 0 Å². The summed E-state index contributed by atoms with van der Waals surface area (Å²) < 4.78 is 0. The molecule has 1 aromatic heterocycles. The number of hydrogen-bond acceptors (Lipinski definition) is 5. The molecule has 0 fully saturated rings. The first-order valence-corrected chi connectivity index (χ1v) is 6.88. The third-order valence-electron chi connectivity index (χ3n) is 2.34. The van der Waals surface area contributed by atoms with Gasteiger partial charge in [0.2, 0.25) is 5.91 Å². The van der Waals surface area contributed by atoms with Crippen molar-refractivity contribution in [3.63, 3.8) is 0 Å². The maximum atomic E-state index is 11.6. The van der Waals surface area contributed by atoms with E-state index in [9.17, 15) is 9.59 Å². The van der Waals surface area contributed by atoms with Crippen molar-refractivity contribution in [1.82, 2.24) is 15.3 Å². The molecule has 1 aromatic rings. The SMILES string of the molecule is CCC(NC(=O)CSc1nc(C)cc(C)n1)C(=O)O. The fourth-order valence-electron chi connectivity index (χ4n) is 1.46. The van der Waals surface area contributed by atoms with Crippen molar-refractivity contribution < 1.29 is 14.7 Å². The first kappa shape index (κ1) is 15.4. The van der Waals surface area contributed by atoms with Gasteiger partial charge in [-0.1, -0.05) is 18.7 Å². The number of nitrogens with zero attached hydrogens (tertiary/aromatic N) is 2. The number of amides is 1. The summed E-state index contributed by atoms with van der Waals surface area (Å²) >= 11 is 1.19. The predicted molar refractivity (Wildman–Crippen MR) is 72.1 cm³/mol. The van der Waals surface area contributed by atoms with E-state index >= 15 is 0 Å². The minimum atomic E-state index is -1.02. The monoisotopic (exact) mass is 283 g/mol. The van der Waals surface area contributed by atoms with Crippen molar-refractivity contribution in [2.75, 3.05) is 5.75 Å². The molecule has 0 aliphatic heterocycles. The van der Waals surface area contributed by atoms with E-state index < -0.39 is 12.0 Å². The molecule has 0 aliphatic rings. The number of aryl methyl sites for hydroxylation is 2. The minimum Gasteiger partial charge on any atom is -0.480 e. The van der Waals surface area contributed by atoms with Gasteiger partial charge in [-0.25, -0.2) is 14.8 Å². The molecule has 7 heteroatoms. The van der Waals surface area contributed by atoms with Crippen LogP contribution >= 0.6 is 11.8 Å². The van der Waals surface area contributed by atoms with Crippen molar-refractivity contribution in [1.29, 1.82) is 0 Å². The van der Waals surface area contributed by atoms with Gasteiger partial charge in [0.05, 0.1) is 5.75 Å². The average molecular weight is 283 g/mol. The zero-order valence-corrected chi connectivity index (χ0v) is 12.0. The fourth-order valence-corrected chi connectivity index (χ4v) is 2.22. The first-order chi connectivity index (χ1) is 8.92. The number of carboxylic acid groups (broad SMARTS) is 1. The minimum absolute atomic E-state index is 0.104. The molecule has 1 heterocycles. The van der Waals surface area contributed by atoms with E-state index in [1.165, 1.54) is 11.8 Å². The maximum absolute atomic E-state index is 11.6. The number of carboxylic acids is 1. The standard InChI is InChI=1S/C12H17N3O3S/c1-4-9(11(17)18)15-10(16)6-19-12-13-7(2)5-8(3)14-12/h5,9H,4,6H2,1-3H3,(H,15,16)(H,17,18). The highest BCUT2D eigenvalue weighted by atomic mass is 32.2. The molecule has 0 spiro atoms. The van der Waals surface area contributed by atoms with Gasteiger partial charge in [0.15, 0.2) is 5.16 Å². The van der Waals surface area contributed by atoms with Gasteiger partial charge in [0.1, 0.15) is 6.04 Å². The Balaban J connectivity index is 2.52. The molecule has 1 rings (SSSR count). The highest BCUT2D eigenvalue weighted by Gasteiger charge is 2.17. The molecule has 104 valence electrons. The number of carbonyl (C=O) groups is 2. The molecule has 2 N–H and O–H groups in total. The summed E-state index contributed by atoms with van der Waals surface area (Å²) in [5.41, 5.74) is 1.68. The highest BCUT2D eigenvalue weighted by Crippen LogP contribution is 2.13. The van der Waals surface area contributed by atoms with Crippen LogP contribution in [0.3, 0.4) is 0 Å². The summed E-state index contributed by atoms with van der Waals surface area (Å²) in [5, 5.41) is 11.8. The summed E-state index contributed by atoms with van der Waals surface area (Å²) in [6.45, 7) is 5.42. The number of carbonyl (C=O) groups excluding carboxylic acids is 1. The Hall–Kier alpha value is -1.63. The Labute approximate surface area is 116 Å². The van der Waals surface area contributed by atoms with Crippen LogP contribution in [0.5, 0.6) is 0 Å². The van der Waals surface area contributed by atoms with Crippen LogP contribution in [0, 0.1) is 13.8 Å². The van der Waals surface area contributed by atoms with E-state index in [0.29, 0.717) is 11.6 Å². The predicted octanol–water partition coefficient (Wildman–Crippen LogP) is 1.16. The van der Waals surface area contributed by atoms with Crippen LogP contribution in [0.15, 0.2) is 11.2 Å². The van der Waals surface area contributed by atoms with Crippen LogP contribution in [-0.4, -0.2) is 38.7 Å². The molecule has 0 bridgehead atoms. The van der Waals surface area contributed by atoms with Crippen LogP contribution in [0.2, 0.25) is 0 Å². The van der Waals surface area contributed by atoms with Crippen LogP contribution in [0.1, 0.15) is 24.7 Å². The topological polar surface area (TPSA) is 92.2 Å². The number of nitrogens with one attached hydrogen (secondary N) is 1. The quantitative estimate of drug-likeness (QED) is 0.601. The van der Waals surface area contributed by atoms with Gasteiger partial charge in [0.25, 0.3) is 0 Å². The molecule has 1 unspecified atom stereocenters. The van der Waals surface area contributed by atoms with E-state index in [-0.39, 0.29) is 11.7 Å². The van der Waals surface area contributed by atoms with E-state index in [2.05, 4.69) is 15.3 Å². The molecule has 1 amide bonds. The molecule has 0 saturated heterocycles. The first-order valence-electron chi connectivity index (χ1n) is 5.89. The number of aromatic nitrogens is 2. The van der Waals surface area contributed by atoms with Crippen molar-refractivity contribution in [2.24, 2.45) is 0 Å². The summed E-state index contributed by atoms with van der Waals surface area (Å²) in [7, 11) is 0. The maximum Gasteiger partial charge on any atom is 0.326 e. The zero-order valence-electron chi connectivity index (χ0n) is 11.1. The molecule has 1 atom stereocenters.